The lowest BCUT2D eigenvalue weighted by Gasteiger charge is -2.22. The summed E-state index contributed by atoms with van der Waals surface area (Å²) in [5.74, 6) is 0.414. The van der Waals surface area contributed by atoms with E-state index in [-0.39, 0.29) is 23.1 Å². The number of fused-ring (bicyclic) bond motifs is 1. The van der Waals surface area contributed by atoms with Crippen molar-refractivity contribution in [3.8, 4) is 17.0 Å². The van der Waals surface area contributed by atoms with Crippen LogP contribution in [-0.2, 0) is 0 Å². The van der Waals surface area contributed by atoms with E-state index in [1.165, 1.54) is 28.4 Å². The van der Waals surface area contributed by atoms with E-state index >= 15 is 0 Å². The Hall–Kier alpha value is -2.67. The molecule has 0 unspecified atom stereocenters. The maximum atomic E-state index is 13.0. The molecule has 1 amide bonds. The van der Waals surface area contributed by atoms with E-state index in [4.69, 9.17) is 4.74 Å². The SMILES string of the molecule is COc1ccc(-c2csc3ncc(C(=O)NC4CCCCC4)c(=O)n23)cc1. The van der Waals surface area contributed by atoms with Crippen molar-refractivity contribution in [2.24, 2.45) is 0 Å². The first-order valence-electron chi connectivity index (χ1n) is 9.12. The lowest BCUT2D eigenvalue weighted by Crippen LogP contribution is -2.39. The summed E-state index contributed by atoms with van der Waals surface area (Å²) < 4.78 is 6.71. The van der Waals surface area contributed by atoms with E-state index in [0.29, 0.717) is 4.96 Å². The van der Waals surface area contributed by atoms with Crippen molar-refractivity contribution in [3.63, 3.8) is 0 Å². The predicted molar refractivity (Wildman–Crippen MR) is 106 cm³/mol. The van der Waals surface area contributed by atoms with Crippen LogP contribution < -0.4 is 15.6 Å². The van der Waals surface area contributed by atoms with Crippen LogP contribution in [0.2, 0.25) is 0 Å². The van der Waals surface area contributed by atoms with Crippen molar-refractivity contribution in [3.05, 3.63) is 51.8 Å². The Morgan fingerprint density at radius 2 is 1.96 bits per heavy atom. The maximum absolute atomic E-state index is 13.0. The van der Waals surface area contributed by atoms with Crippen LogP contribution in [-0.4, -0.2) is 28.4 Å². The first-order valence-corrected chi connectivity index (χ1v) is 10.00. The fraction of sp³-hybridized carbons (Fsp3) is 0.350. The summed E-state index contributed by atoms with van der Waals surface area (Å²) >= 11 is 1.38. The maximum Gasteiger partial charge on any atom is 0.271 e. The van der Waals surface area contributed by atoms with Gasteiger partial charge in [-0.1, -0.05) is 19.3 Å². The zero-order valence-electron chi connectivity index (χ0n) is 15.1. The average molecular weight is 383 g/mol. The molecule has 2 aromatic heterocycles. The minimum atomic E-state index is -0.333. The quantitative estimate of drug-likeness (QED) is 0.748. The Kier molecular flexibility index (Phi) is 4.94. The summed E-state index contributed by atoms with van der Waals surface area (Å²) in [4.78, 5) is 30.6. The van der Waals surface area contributed by atoms with Gasteiger partial charge in [0, 0.05) is 17.6 Å². The number of thiazole rings is 1. The fourth-order valence-corrected chi connectivity index (χ4v) is 4.38. The molecule has 2 heterocycles. The van der Waals surface area contributed by atoms with Crippen molar-refractivity contribution < 1.29 is 9.53 Å². The number of nitrogens with one attached hydrogen (secondary N) is 1. The van der Waals surface area contributed by atoms with E-state index < -0.39 is 0 Å². The highest BCUT2D eigenvalue weighted by atomic mass is 32.1. The number of methoxy groups -OCH3 is 1. The van der Waals surface area contributed by atoms with Gasteiger partial charge in [0.05, 0.1) is 12.8 Å². The Balaban J connectivity index is 1.70. The summed E-state index contributed by atoms with van der Waals surface area (Å²) in [5.41, 5.74) is 1.35. The fourth-order valence-electron chi connectivity index (χ4n) is 3.52. The second-order valence-electron chi connectivity index (χ2n) is 6.75. The van der Waals surface area contributed by atoms with Gasteiger partial charge in [-0.05, 0) is 42.7 Å². The highest BCUT2D eigenvalue weighted by molar-refractivity contribution is 7.15. The molecule has 0 atom stereocenters. The van der Waals surface area contributed by atoms with E-state index in [1.54, 1.807) is 7.11 Å². The lowest BCUT2D eigenvalue weighted by molar-refractivity contribution is 0.0925. The van der Waals surface area contributed by atoms with Gasteiger partial charge in [0.15, 0.2) is 4.96 Å². The number of carbonyl (C=O) groups is 1. The molecule has 3 aromatic rings. The molecule has 4 rings (SSSR count). The van der Waals surface area contributed by atoms with Gasteiger partial charge in [-0.15, -0.1) is 11.3 Å². The van der Waals surface area contributed by atoms with Crippen LogP contribution in [0.15, 0.2) is 40.6 Å². The molecule has 0 aliphatic heterocycles. The van der Waals surface area contributed by atoms with E-state index in [0.717, 1.165) is 42.7 Å². The normalized spacial score (nSPS) is 15.0. The van der Waals surface area contributed by atoms with Crippen LogP contribution in [0.4, 0.5) is 0 Å². The molecular weight excluding hydrogens is 362 g/mol. The highest BCUT2D eigenvalue weighted by Crippen LogP contribution is 2.26. The molecule has 1 aliphatic rings. The van der Waals surface area contributed by atoms with Crippen LogP contribution in [0.25, 0.3) is 16.2 Å². The van der Waals surface area contributed by atoms with Gasteiger partial charge in [-0.2, -0.15) is 0 Å². The van der Waals surface area contributed by atoms with Crippen LogP contribution in [0.3, 0.4) is 0 Å². The van der Waals surface area contributed by atoms with Crippen molar-refractivity contribution in [1.82, 2.24) is 14.7 Å². The number of hydrogen-bond donors (Lipinski definition) is 1. The standard InChI is InChI=1S/C20H21N3O3S/c1-26-15-9-7-13(8-10-15)17-12-27-20-21-11-16(19(25)23(17)20)18(24)22-14-5-3-2-4-6-14/h7-12,14H,2-6H2,1H3,(H,22,24). The van der Waals surface area contributed by atoms with Crippen molar-refractivity contribution in [2.45, 2.75) is 38.1 Å². The smallest absolute Gasteiger partial charge is 0.271 e. The first kappa shape index (κ1) is 17.7. The number of benzene rings is 1. The Morgan fingerprint density at radius 3 is 2.67 bits per heavy atom. The summed E-state index contributed by atoms with van der Waals surface area (Å²) in [5, 5.41) is 4.89. The zero-order valence-corrected chi connectivity index (χ0v) is 15.9. The van der Waals surface area contributed by atoms with Gasteiger partial charge in [0.25, 0.3) is 11.5 Å². The van der Waals surface area contributed by atoms with E-state index in [2.05, 4.69) is 10.3 Å². The molecule has 7 heteroatoms. The van der Waals surface area contributed by atoms with E-state index in [9.17, 15) is 9.59 Å². The second-order valence-corrected chi connectivity index (χ2v) is 7.59. The topological polar surface area (TPSA) is 72.7 Å². The minimum absolute atomic E-state index is 0.0891. The van der Waals surface area contributed by atoms with Crippen LogP contribution in [0.1, 0.15) is 42.5 Å². The monoisotopic (exact) mass is 383 g/mol. The molecule has 27 heavy (non-hydrogen) atoms. The molecule has 0 saturated heterocycles. The molecule has 0 bridgehead atoms. The summed E-state index contributed by atoms with van der Waals surface area (Å²) in [6.07, 6.45) is 6.78. The van der Waals surface area contributed by atoms with Crippen molar-refractivity contribution in [1.29, 1.82) is 0 Å². The van der Waals surface area contributed by atoms with Gasteiger partial charge in [0.2, 0.25) is 0 Å². The number of nitrogens with zero attached hydrogens (tertiary/aromatic N) is 2. The summed E-state index contributed by atoms with van der Waals surface area (Å²) in [6.45, 7) is 0. The van der Waals surface area contributed by atoms with Gasteiger partial charge in [0.1, 0.15) is 11.3 Å². The molecule has 1 fully saturated rings. The average Bonchev–Trinajstić information content (AvgIpc) is 3.14. The van der Waals surface area contributed by atoms with E-state index in [1.807, 2.05) is 29.6 Å². The molecule has 1 saturated carbocycles. The third-order valence-electron chi connectivity index (χ3n) is 5.02. The summed E-state index contributed by atoms with van der Waals surface area (Å²) in [6, 6.07) is 7.62. The molecule has 6 nitrogen and oxygen atoms in total. The molecule has 1 aliphatic carbocycles. The highest BCUT2D eigenvalue weighted by Gasteiger charge is 2.21. The van der Waals surface area contributed by atoms with Gasteiger partial charge >= 0.3 is 0 Å². The third-order valence-corrected chi connectivity index (χ3v) is 5.86. The van der Waals surface area contributed by atoms with Crippen LogP contribution in [0, 0.1) is 0 Å². The number of hydrogen-bond acceptors (Lipinski definition) is 5. The molecule has 140 valence electrons. The molecule has 1 aromatic carbocycles. The number of rotatable bonds is 4. The number of amides is 1. The second kappa shape index (κ2) is 7.52. The first-order chi connectivity index (χ1) is 13.2. The van der Waals surface area contributed by atoms with Crippen LogP contribution >= 0.6 is 11.3 Å². The molecule has 0 radical (unpaired) electrons. The van der Waals surface area contributed by atoms with Gasteiger partial charge in [-0.3, -0.25) is 14.0 Å². The van der Waals surface area contributed by atoms with Gasteiger partial charge < -0.3 is 10.1 Å². The Labute approximate surface area is 160 Å². The Morgan fingerprint density at radius 1 is 1.22 bits per heavy atom. The Bertz CT molecular complexity index is 1020. The number of carbonyl (C=O) groups excluding carboxylic acids is 1. The third kappa shape index (κ3) is 3.47. The molecular formula is C20H21N3O3S. The molecule has 1 N–H and O–H groups in total. The van der Waals surface area contributed by atoms with Crippen molar-refractivity contribution >= 4 is 22.2 Å². The van der Waals surface area contributed by atoms with Crippen molar-refractivity contribution in [2.75, 3.05) is 7.11 Å². The zero-order chi connectivity index (χ0) is 18.8. The number of ether oxygens (including phenoxy) is 1. The summed E-state index contributed by atoms with van der Waals surface area (Å²) in [7, 11) is 1.61. The molecule has 0 spiro atoms. The lowest BCUT2D eigenvalue weighted by atomic mass is 9.95. The largest absolute Gasteiger partial charge is 0.497 e. The minimum Gasteiger partial charge on any atom is -0.497 e. The number of aromatic nitrogens is 2. The van der Waals surface area contributed by atoms with Crippen LogP contribution in [0.5, 0.6) is 5.75 Å². The van der Waals surface area contributed by atoms with Gasteiger partial charge in [-0.25, -0.2) is 4.98 Å². The predicted octanol–water partition coefficient (Wildman–Crippen LogP) is 3.49.